The number of hydrogen-bond acceptors (Lipinski definition) is 4. The van der Waals surface area contributed by atoms with Crippen molar-refractivity contribution in [3.8, 4) is 0 Å². The second kappa shape index (κ2) is 7.81. The molecule has 1 aromatic carbocycles. The van der Waals surface area contributed by atoms with Gasteiger partial charge in [-0.15, -0.1) is 0 Å². The molecule has 3 atom stereocenters. The molecule has 130 valence electrons. The van der Waals surface area contributed by atoms with Crippen molar-refractivity contribution in [1.29, 1.82) is 0 Å². The van der Waals surface area contributed by atoms with E-state index >= 15 is 0 Å². The first-order valence-corrected chi connectivity index (χ1v) is 8.69. The van der Waals surface area contributed by atoms with E-state index in [2.05, 4.69) is 12.1 Å². The van der Waals surface area contributed by atoms with Crippen LogP contribution in [0, 0.1) is 5.92 Å². The highest BCUT2D eigenvalue weighted by Crippen LogP contribution is 2.39. The lowest BCUT2D eigenvalue weighted by Crippen LogP contribution is -2.37. The van der Waals surface area contributed by atoms with Crippen LogP contribution in [0.25, 0.3) is 0 Å². The van der Waals surface area contributed by atoms with Gasteiger partial charge in [0.2, 0.25) is 6.29 Å². The van der Waals surface area contributed by atoms with Crippen molar-refractivity contribution >= 4 is 5.91 Å². The minimum absolute atomic E-state index is 0.0435. The van der Waals surface area contributed by atoms with Gasteiger partial charge in [-0.25, -0.2) is 0 Å². The molecule has 0 radical (unpaired) electrons. The van der Waals surface area contributed by atoms with E-state index in [9.17, 15) is 9.90 Å². The lowest BCUT2D eigenvalue weighted by molar-refractivity contribution is -0.168. The van der Waals surface area contributed by atoms with Crippen molar-refractivity contribution in [3.63, 3.8) is 0 Å². The van der Waals surface area contributed by atoms with Crippen LogP contribution >= 0.6 is 0 Å². The molecule has 2 aliphatic rings. The lowest BCUT2D eigenvalue weighted by atomic mass is 9.80. The number of hydrogen-bond donors (Lipinski definition) is 1. The molecule has 0 aromatic heterocycles. The molecule has 1 N–H and O–H groups in total. The largest absolute Gasteiger partial charge is 0.459 e. The summed E-state index contributed by atoms with van der Waals surface area (Å²) >= 11 is 0. The number of aliphatic hydroxyl groups is 1. The number of amides is 1. The predicted octanol–water partition coefficient (Wildman–Crippen LogP) is 2.28. The number of benzene rings is 1. The Morgan fingerprint density at radius 2 is 2.08 bits per heavy atom. The first-order valence-electron chi connectivity index (χ1n) is 8.69. The lowest BCUT2D eigenvalue weighted by Gasteiger charge is -2.37. The number of rotatable bonds is 7. The summed E-state index contributed by atoms with van der Waals surface area (Å²) in [6.45, 7) is 4.17. The molecule has 5 nitrogen and oxygen atoms in total. The van der Waals surface area contributed by atoms with E-state index in [0.29, 0.717) is 18.8 Å². The van der Waals surface area contributed by atoms with Gasteiger partial charge in [-0.2, -0.15) is 0 Å². The van der Waals surface area contributed by atoms with E-state index in [0.717, 1.165) is 25.1 Å². The minimum Gasteiger partial charge on any atom is -0.459 e. The zero-order valence-electron chi connectivity index (χ0n) is 14.1. The zero-order valence-corrected chi connectivity index (χ0v) is 14.1. The highest BCUT2D eigenvalue weighted by Gasteiger charge is 2.40. The average Bonchev–Trinajstić information content (AvgIpc) is 3.45. The summed E-state index contributed by atoms with van der Waals surface area (Å²) in [5, 5.41) is 9.23. The number of carbonyl (C=O) groups excluding carboxylic acids is 1. The van der Waals surface area contributed by atoms with Crippen LogP contribution in [0.15, 0.2) is 42.2 Å². The van der Waals surface area contributed by atoms with E-state index in [1.165, 1.54) is 0 Å². The summed E-state index contributed by atoms with van der Waals surface area (Å²) in [6, 6.07) is 10.1. The Kier molecular flexibility index (Phi) is 5.53. The van der Waals surface area contributed by atoms with E-state index in [1.54, 1.807) is 4.90 Å². The number of nitrogens with zero attached hydrogens (tertiary/aromatic N) is 1. The second-order valence-corrected chi connectivity index (χ2v) is 6.23. The highest BCUT2D eigenvalue weighted by molar-refractivity contribution is 5.93. The van der Waals surface area contributed by atoms with Crippen LogP contribution in [0.5, 0.6) is 0 Å². The third kappa shape index (κ3) is 3.79. The van der Waals surface area contributed by atoms with Gasteiger partial charge in [0, 0.05) is 38.1 Å². The Morgan fingerprint density at radius 3 is 2.71 bits per heavy atom. The number of carbonyl (C=O) groups is 1. The van der Waals surface area contributed by atoms with Crippen LogP contribution < -0.4 is 0 Å². The van der Waals surface area contributed by atoms with Gasteiger partial charge in [-0.3, -0.25) is 4.79 Å². The first kappa shape index (κ1) is 17.0. The summed E-state index contributed by atoms with van der Waals surface area (Å²) in [5.41, 5.74) is 1.14. The molecule has 0 spiro atoms. The van der Waals surface area contributed by atoms with Gasteiger partial charge in [-0.05, 0) is 31.4 Å². The van der Waals surface area contributed by atoms with Gasteiger partial charge in [0.05, 0.1) is 0 Å². The fraction of sp³-hybridized carbons (Fsp3) is 0.526. The van der Waals surface area contributed by atoms with Crippen molar-refractivity contribution in [3.05, 3.63) is 47.7 Å². The predicted molar refractivity (Wildman–Crippen MR) is 90.2 cm³/mol. The summed E-state index contributed by atoms with van der Waals surface area (Å²) in [4.78, 5) is 14.2. The maximum Gasteiger partial charge on any atom is 0.288 e. The molecule has 1 aromatic rings. The van der Waals surface area contributed by atoms with Gasteiger partial charge in [-0.1, -0.05) is 30.3 Å². The summed E-state index contributed by atoms with van der Waals surface area (Å²) in [5.74, 6) is 0.452. The maximum absolute atomic E-state index is 12.4. The molecule has 5 heteroatoms. The quantitative estimate of drug-likeness (QED) is 0.779. The molecule has 1 saturated heterocycles. The maximum atomic E-state index is 12.4. The Labute approximate surface area is 142 Å². The van der Waals surface area contributed by atoms with E-state index in [1.807, 2.05) is 31.2 Å². The minimum atomic E-state index is -0.462. The second-order valence-electron chi connectivity index (χ2n) is 6.23. The van der Waals surface area contributed by atoms with Crippen molar-refractivity contribution in [2.24, 2.45) is 5.92 Å². The van der Waals surface area contributed by atoms with Gasteiger partial charge in [0.15, 0.2) is 5.76 Å². The first-order chi connectivity index (χ1) is 11.7. The zero-order chi connectivity index (χ0) is 16.9. The highest BCUT2D eigenvalue weighted by atomic mass is 16.7. The van der Waals surface area contributed by atoms with Crippen molar-refractivity contribution in [1.82, 2.24) is 4.90 Å². The van der Waals surface area contributed by atoms with Crippen LogP contribution in [-0.2, 0) is 14.3 Å². The normalized spacial score (nSPS) is 25.8. The van der Waals surface area contributed by atoms with Crippen molar-refractivity contribution in [2.45, 2.75) is 32.0 Å². The number of aliphatic hydroxyl groups excluding tert-OH is 1. The van der Waals surface area contributed by atoms with E-state index in [-0.39, 0.29) is 24.3 Å². The molecule has 24 heavy (non-hydrogen) atoms. The molecule has 0 aliphatic carbocycles. The third-order valence-electron chi connectivity index (χ3n) is 4.54. The molecule has 1 fully saturated rings. The van der Waals surface area contributed by atoms with Crippen molar-refractivity contribution < 1.29 is 19.4 Å². The smallest absolute Gasteiger partial charge is 0.288 e. The monoisotopic (exact) mass is 331 g/mol. The molecule has 2 aliphatic heterocycles. The Bertz CT molecular complexity index is 582. The van der Waals surface area contributed by atoms with Gasteiger partial charge < -0.3 is 19.5 Å². The van der Waals surface area contributed by atoms with Gasteiger partial charge in [0.25, 0.3) is 5.91 Å². The Morgan fingerprint density at radius 1 is 1.33 bits per heavy atom. The van der Waals surface area contributed by atoms with E-state index < -0.39 is 6.29 Å². The van der Waals surface area contributed by atoms with Crippen LogP contribution in [0.4, 0.5) is 0 Å². The molecule has 0 bridgehead atoms. The topological polar surface area (TPSA) is 58.8 Å². The Balaban J connectivity index is 1.92. The molecular weight excluding hydrogens is 306 g/mol. The van der Waals surface area contributed by atoms with E-state index in [4.69, 9.17) is 9.47 Å². The summed E-state index contributed by atoms with van der Waals surface area (Å²) < 4.78 is 11.7. The SMILES string of the molecule is CCO[C@@H]1OC(C(=O)N2CC2)=C[C@H](c2ccccc2)[C@@H]1CCCO. The fourth-order valence-electron chi connectivity index (χ4n) is 3.22. The molecular formula is C19H25NO4. The molecule has 3 rings (SSSR count). The van der Waals surface area contributed by atoms with Gasteiger partial charge >= 0.3 is 0 Å². The summed E-state index contributed by atoms with van der Waals surface area (Å²) in [7, 11) is 0. The van der Waals surface area contributed by atoms with Gasteiger partial charge in [0.1, 0.15) is 0 Å². The third-order valence-corrected chi connectivity index (χ3v) is 4.54. The Hall–Kier alpha value is -1.85. The fourth-order valence-corrected chi connectivity index (χ4v) is 3.22. The molecule has 1 amide bonds. The van der Waals surface area contributed by atoms with Crippen LogP contribution in [-0.4, -0.2) is 48.5 Å². The molecule has 0 unspecified atom stereocenters. The van der Waals surface area contributed by atoms with Crippen LogP contribution in [0.1, 0.15) is 31.2 Å². The number of ether oxygens (including phenoxy) is 2. The summed E-state index contributed by atoms with van der Waals surface area (Å²) in [6.07, 6.45) is 2.94. The van der Waals surface area contributed by atoms with Crippen LogP contribution in [0.2, 0.25) is 0 Å². The van der Waals surface area contributed by atoms with Crippen LogP contribution in [0.3, 0.4) is 0 Å². The van der Waals surface area contributed by atoms with Crippen molar-refractivity contribution in [2.75, 3.05) is 26.3 Å². The standard InChI is InChI=1S/C19H25NO4/c1-2-23-19-15(9-6-12-21)16(14-7-4-3-5-8-14)13-17(24-19)18(22)20-10-11-20/h3-5,7-8,13,15-16,19,21H,2,6,9-12H2,1H3/t15-,16+,19+/m0/s1. The number of allylic oxidation sites excluding steroid dienone is 1. The molecule has 2 heterocycles. The average molecular weight is 331 g/mol. The molecule has 0 saturated carbocycles.